The van der Waals surface area contributed by atoms with E-state index in [4.69, 9.17) is 0 Å². The lowest BCUT2D eigenvalue weighted by Crippen LogP contribution is -2.44. The van der Waals surface area contributed by atoms with Crippen LogP contribution in [-0.4, -0.2) is 77.4 Å². The fourth-order valence-electron chi connectivity index (χ4n) is 2.12. The van der Waals surface area contributed by atoms with Crippen LogP contribution in [0.25, 0.3) is 0 Å². The van der Waals surface area contributed by atoms with E-state index in [0.29, 0.717) is 32.1 Å². The van der Waals surface area contributed by atoms with Gasteiger partial charge in [-0.25, -0.2) is 17.7 Å². The van der Waals surface area contributed by atoms with Gasteiger partial charge >= 0.3 is 0 Å². The minimum absolute atomic E-state index is 0.0579. The van der Waals surface area contributed by atoms with Gasteiger partial charge in [0.25, 0.3) is 0 Å². The van der Waals surface area contributed by atoms with Crippen LogP contribution in [0, 0.1) is 0 Å². The molecule has 23 heavy (non-hydrogen) atoms. The number of thioether (sulfide) groups is 1. The summed E-state index contributed by atoms with van der Waals surface area (Å²) in [6, 6.07) is 0. The Bertz CT molecular complexity index is 623. The molecule has 0 aliphatic carbocycles. The SMILES string of the molecule is CN=C(NCCS(=O)(=O)N1CCSCC1)NCc1ncnn1C. The van der Waals surface area contributed by atoms with E-state index in [1.54, 1.807) is 27.8 Å². The Morgan fingerprint density at radius 3 is 2.74 bits per heavy atom. The second-order valence-corrected chi connectivity index (χ2v) is 8.29. The fraction of sp³-hybridized carbons (Fsp3) is 0.750. The Hall–Kier alpha value is -1.33. The first kappa shape index (κ1) is 18.0. The van der Waals surface area contributed by atoms with Crippen molar-refractivity contribution in [2.24, 2.45) is 12.0 Å². The summed E-state index contributed by atoms with van der Waals surface area (Å²) in [5, 5.41) is 10.1. The normalized spacial score (nSPS) is 17.2. The molecule has 0 radical (unpaired) electrons. The highest BCUT2D eigenvalue weighted by Crippen LogP contribution is 2.12. The number of guanidine groups is 1. The Morgan fingerprint density at radius 1 is 1.39 bits per heavy atom. The third-order valence-electron chi connectivity index (χ3n) is 3.46. The number of nitrogens with one attached hydrogen (secondary N) is 2. The van der Waals surface area contributed by atoms with Gasteiger partial charge in [-0.05, 0) is 0 Å². The minimum Gasteiger partial charge on any atom is -0.355 e. The van der Waals surface area contributed by atoms with E-state index in [1.165, 1.54) is 6.33 Å². The summed E-state index contributed by atoms with van der Waals surface area (Å²) < 4.78 is 27.7. The standard InChI is InChI=1S/C12H23N7O2S2/c1-13-12(15-9-11-16-10-17-18(11)2)14-3-8-23(20,21)19-4-6-22-7-5-19/h10H,3-9H2,1-2H3,(H2,13,14,15). The van der Waals surface area contributed by atoms with Crippen LogP contribution in [0.5, 0.6) is 0 Å². The monoisotopic (exact) mass is 361 g/mol. The maximum Gasteiger partial charge on any atom is 0.215 e. The van der Waals surface area contributed by atoms with Crippen molar-refractivity contribution in [2.45, 2.75) is 6.54 Å². The van der Waals surface area contributed by atoms with Gasteiger partial charge in [0.1, 0.15) is 12.2 Å². The molecular formula is C12H23N7O2S2. The van der Waals surface area contributed by atoms with Crippen molar-refractivity contribution in [3.05, 3.63) is 12.2 Å². The van der Waals surface area contributed by atoms with Crippen LogP contribution in [0.1, 0.15) is 5.82 Å². The number of aryl methyl sites for hydroxylation is 1. The zero-order valence-electron chi connectivity index (χ0n) is 13.4. The van der Waals surface area contributed by atoms with Gasteiger partial charge in [0.05, 0.1) is 12.3 Å². The van der Waals surface area contributed by atoms with Crippen LogP contribution in [0.2, 0.25) is 0 Å². The molecule has 11 heteroatoms. The molecule has 0 bridgehead atoms. The van der Waals surface area contributed by atoms with E-state index in [9.17, 15) is 8.42 Å². The van der Waals surface area contributed by atoms with E-state index < -0.39 is 10.0 Å². The fourth-order valence-corrected chi connectivity index (χ4v) is 4.61. The largest absolute Gasteiger partial charge is 0.355 e. The summed E-state index contributed by atoms with van der Waals surface area (Å²) in [6.45, 7) is 1.98. The predicted molar refractivity (Wildman–Crippen MR) is 91.9 cm³/mol. The van der Waals surface area contributed by atoms with Crippen LogP contribution >= 0.6 is 11.8 Å². The second kappa shape index (κ2) is 8.50. The molecule has 0 saturated carbocycles. The molecule has 0 amide bonds. The van der Waals surface area contributed by atoms with E-state index in [1.807, 2.05) is 7.05 Å². The van der Waals surface area contributed by atoms with Gasteiger partial charge < -0.3 is 10.6 Å². The van der Waals surface area contributed by atoms with Gasteiger partial charge in [-0.15, -0.1) is 0 Å². The molecule has 1 aliphatic heterocycles. The molecule has 130 valence electrons. The van der Waals surface area contributed by atoms with Crippen molar-refractivity contribution in [2.75, 3.05) is 43.9 Å². The number of aromatic nitrogens is 3. The highest BCUT2D eigenvalue weighted by Gasteiger charge is 2.23. The summed E-state index contributed by atoms with van der Waals surface area (Å²) in [7, 11) is 0.247. The van der Waals surface area contributed by atoms with Crippen LogP contribution in [0.3, 0.4) is 0 Å². The van der Waals surface area contributed by atoms with Gasteiger partial charge in [0.2, 0.25) is 10.0 Å². The quantitative estimate of drug-likeness (QED) is 0.487. The highest BCUT2D eigenvalue weighted by molar-refractivity contribution is 7.99. The van der Waals surface area contributed by atoms with Crippen molar-refractivity contribution < 1.29 is 8.42 Å². The van der Waals surface area contributed by atoms with Gasteiger partial charge in [-0.2, -0.15) is 16.9 Å². The van der Waals surface area contributed by atoms with Gasteiger partial charge in [-0.3, -0.25) is 9.67 Å². The summed E-state index contributed by atoms with van der Waals surface area (Å²) in [5.74, 6) is 3.10. The Kier molecular flexibility index (Phi) is 6.66. The molecule has 1 saturated heterocycles. The lowest BCUT2D eigenvalue weighted by molar-refractivity contribution is 0.443. The van der Waals surface area contributed by atoms with E-state index in [2.05, 4.69) is 25.7 Å². The summed E-state index contributed by atoms with van der Waals surface area (Å²) in [4.78, 5) is 8.18. The molecule has 2 heterocycles. The zero-order valence-corrected chi connectivity index (χ0v) is 15.0. The minimum atomic E-state index is -3.20. The van der Waals surface area contributed by atoms with Crippen molar-refractivity contribution in [1.29, 1.82) is 0 Å². The van der Waals surface area contributed by atoms with Gasteiger partial charge in [-0.1, -0.05) is 0 Å². The van der Waals surface area contributed by atoms with Crippen LogP contribution in [0.15, 0.2) is 11.3 Å². The molecule has 9 nitrogen and oxygen atoms in total. The topological polar surface area (TPSA) is 105 Å². The molecule has 1 fully saturated rings. The Labute approximate surface area is 141 Å². The first-order valence-corrected chi connectivity index (χ1v) is 10.1. The van der Waals surface area contributed by atoms with E-state index >= 15 is 0 Å². The van der Waals surface area contributed by atoms with Gasteiger partial charge in [0, 0.05) is 45.2 Å². The first-order valence-electron chi connectivity index (χ1n) is 7.36. The van der Waals surface area contributed by atoms with Crippen molar-refractivity contribution in [3.63, 3.8) is 0 Å². The molecule has 0 atom stereocenters. The molecule has 1 aromatic rings. The summed E-state index contributed by atoms with van der Waals surface area (Å²) >= 11 is 1.79. The number of rotatable bonds is 6. The lowest BCUT2D eigenvalue weighted by atomic mass is 10.6. The van der Waals surface area contributed by atoms with Gasteiger partial charge in [0.15, 0.2) is 5.96 Å². The molecule has 2 N–H and O–H groups in total. The van der Waals surface area contributed by atoms with Crippen LogP contribution in [0.4, 0.5) is 0 Å². The molecule has 0 spiro atoms. The maximum atomic E-state index is 12.2. The van der Waals surface area contributed by atoms with Crippen LogP contribution < -0.4 is 10.6 Å². The average Bonchev–Trinajstić information content (AvgIpc) is 2.96. The lowest BCUT2D eigenvalue weighted by Gasteiger charge is -2.25. The molecule has 1 aromatic heterocycles. The van der Waals surface area contributed by atoms with Crippen molar-refractivity contribution in [1.82, 2.24) is 29.7 Å². The molecule has 0 unspecified atom stereocenters. The van der Waals surface area contributed by atoms with Crippen molar-refractivity contribution in [3.8, 4) is 0 Å². The number of hydrogen-bond acceptors (Lipinski definition) is 6. The Balaban J connectivity index is 1.76. The number of nitrogens with zero attached hydrogens (tertiary/aromatic N) is 5. The third kappa shape index (κ3) is 5.36. The van der Waals surface area contributed by atoms with Crippen LogP contribution in [-0.2, 0) is 23.6 Å². The summed E-state index contributed by atoms with van der Waals surface area (Å²) in [5.41, 5.74) is 0. The van der Waals surface area contributed by atoms with Crippen molar-refractivity contribution >= 4 is 27.7 Å². The average molecular weight is 361 g/mol. The molecule has 1 aliphatic rings. The first-order chi connectivity index (χ1) is 11.0. The maximum absolute atomic E-state index is 12.2. The number of hydrogen-bond donors (Lipinski definition) is 2. The number of aliphatic imine (C=N–C) groups is 1. The predicted octanol–water partition coefficient (Wildman–Crippen LogP) is -1.14. The molecule has 0 aromatic carbocycles. The third-order valence-corrected chi connectivity index (χ3v) is 6.27. The van der Waals surface area contributed by atoms with E-state index in [-0.39, 0.29) is 5.75 Å². The Morgan fingerprint density at radius 2 is 2.13 bits per heavy atom. The number of sulfonamides is 1. The highest BCUT2D eigenvalue weighted by atomic mass is 32.2. The van der Waals surface area contributed by atoms with E-state index in [0.717, 1.165) is 17.3 Å². The molecular weight excluding hydrogens is 338 g/mol. The smallest absolute Gasteiger partial charge is 0.215 e. The second-order valence-electron chi connectivity index (χ2n) is 4.98. The molecule has 2 rings (SSSR count). The zero-order chi connectivity index (χ0) is 16.7. The summed E-state index contributed by atoms with van der Waals surface area (Å²) in [6.07, 6.45) is 1.48.